The standard InChI is InChI=1S/C24H28N4O3/c1-3-4-5-7-17-10-12-19(13-11-17)26-14-18-8-6-9-21(23(18)30-2)31-22-16-27-20(15-28-22)24(25)29/h6,8-13,15-16,26H,3-5,7,14H2,1-2H3,(H2,25,29). The first-order valence-corrected chi connectivity index (χ1v) is 10.4. The number of ether oxygens (including phenoxy) is 2. The van der Waals surface area contributed by atoms with Crippen LogP contribution < -0.4 is 20.5 Å². The fraction of sp³-hybridized carbons (Fsp3) is 0.292. The minimum Gasteiger partial charge on any atom is -0.492 e. The number of nitrogens with two attached hydrogens (primary N) is 1. The summed E-state index contributed by atoms with van der Waals surface area (Å²) in [7, 11) is 1.60. The van der Waals surface area contributed by atoms with Gasteiger partial charge in [-0.1, -0.05) is 44.0 Å². The molecule has 3 rings (SSSR count). The monoisotopic (exact) mass is 420 g/mol. The lowest BCUT2D eigenvalue weighted by Gasteiger charge is -2.15. The fourth-order valence-corrected chi connectivity index (χ4v) is 3.19. The highest BCUT2D eigenvalue weighted by atomic mass is 16.5. The van der Waals surface area contributed by atoms with E-state index in [0.29, 0.717) is 18.0 Å². The molecule has 3 aromatic rings. The van der Waals surface area contributed by atoms with Gasteiger partial charge in [0.1, 0.15) is 5.69 Å². The zero-order valence-corrected chi connectivity index (χ0v) is 17.9. The average Bonchev–Trinajstić information content (AvgIpc) is 2.79. The Hall–Kier alpha value is -3.61. The van der Waals surface area contributed by atoms with Crippen molar-refractivity contribution < 1.29 is 14.3 Å². The molecule has 0 aliphatic carbocycles. The van der Waals surface area contributed by atoms with Gasteiger partial charge < -0.3 is 20.5 Å². The van der Waals surface area contributed by atoms with Crippen LogP contribution in [0.2, 0.25) is 0 Å². The molecular weight excluding hydrogens is 392 g/mol. The summed E-state index contributed by atoms with van der Waals surface area (Å²) in [6, 6.07) is 14.2. The Balaban J connectivity index is 1.66. The summed E-state index contributed by atoms with van der Waals surface area (Å²) in [5, 5.41) is 3.43. The van der Waals surface area contributed by atoms with Crippen LogP contribution >= 0.6 is 0 Å². The Morgan fingerprint density at radius 2 is 1.87 bits per heavy atom. The Morgan fingerprint density at radius 3 is 2.52 bits per heavy atom. The van der Waals surface area contributed by atoms with Crippen LogP contribution in [0.3, 0.4) is 0 Å². The number of carbonyl (C=O) groups is 1. The van der Waals surface area contributed by atoms with Crippen molar-refractivity contribution in [3.63, 3.8) is 0 Å². The van der Waals surface area contributed by atoms with Crippen LogP contribution in [0.1, 0.15) is 47.8 Å². The van der Waals surface area contributed by atoms with Gasteiger partial charge in [0, 0.05) is 17.8 Å². The van der Waals surface area contributed by atoms with E-state index in [1.807, 2.05) is 12.1 Å². The molecule has 1 heterocycles. The molecule has 0 spiro atoms. The zero-order valence-electron chi connectivity index (χ0n) is 17.9. The van der Waals surface area contributed by atoms with Crippen LogP contribution in [0.25, 0.3) is 0 Å². The number of para-hydroxylation sites is 1. The first kappa shape index (κ1) is 22.1. The molecule has 1 aromatic heterocycles. The van der Waals surface area contributed by atoms with E-state index in [2.05, 4.69) is 46.5 Å². The Kier molecular flexibility index (Phi) is 7.81. The van der Waals surface area contributed by atoms with Gasteiger partial charge in [-0.05, 0) is 36.6 Å². The van der Waals surface area contributed by atoms with Crippen LogP contribution in [0.15, 0.2) is 54.9 Å². The van der Waals surface area contributed by atoms with Crippen molar-refractivity contribution in [2.24, 2.45) is 5.73 Å². The number of nitrogens with zero attached hydrogens (tertiary/aromatic N) is 2. The summed E-state index contributed by atoms with van der Waals surface area (Å²) in [5.41, 5.74) is 8.60. The summed E-state index contributed by atoms with van der Waals surface area (Å²) in [4.78, 5) is 19.1. The van der Waals surface area contributed by atoms with E-state index in [-0.39, 0.29) is 11.6 Å². The molecule has 0 unspecified atom stereocenters. The number of amides is 1. The lowest BCUT2D eigenvalue weighted by atomic mass is 10.1. The predicted molar refractivity (Wildman–Crippen MR) is 121 cm³/mol. The number of methoxy groups -OCH3 is 1. The highest BCUT2D eigenvalue weighted by Gasteiger charge is 2.12. The lowest BCUT2D eigenvalue weighted by Crippen LogP contribution is -2.13. The number of aromatic nitrogens is 2. The van der Waals surface area contributed by atoms with Gasteiger partial charge in [-0.3, -0.25) is 4.79 Å². The maximum atomic E-state index is 11.1. The van der Waals surface area contributed by atoms with E-state index in [1.165, 1.54) is 37.2 Å². The van der Waals surface area contributed by atoms with E-state index >= 15 is 0 Å². The Morgan fingerprint density at radius 1 is 1.06 bits per heavy atom. The number of hydrogen-bond donors (Lipinski definition) is 2. The fourth-order valence-electron chi connectivity index (χ4n) is 3.19. The second kappa shape index (κ2) is 11.0. The molecule has 31 heavy (non-hydrogen) atoms. The molecule has 0 atom stereocenters. The first-order chi connectivity index (χ1) is 15.1. The zero-order chi connectivity index (χ0) is 22.1. The molecule has 3 N–H and O–H groups in total. The largest absolute Gasteiger partial charge is 0.492 e. The summed E-state index contributed by atoms with van der Waals surface area (Å²) < 4.78 is 11.4. The molecule has 2 aromatic carbocycles. The smallest absolute Gasteiger partial charge is 0.268 e. The van der Waals surface area contributed by atoms with Gasteiger partial charge in [0.05, 0.1) is 19.5 Å². The van der Waals surface area contributed by atoms with Crippen molar-refractivity contribution in [3.8, 4) is 17.4 Å². The third kappa shape index (κ3) is 6.18. The van der Waals surface area contributed by atoms with E-state index in [0.717, 1.165) is 17.7 Å². The number of nitrogens with one attached hydrogen (secondary N) is 1. The van der Waals surface area contributed by atoms with Crippen molar-refractivity contribution in [1.29, 1.82) is 0 Å². The summed E-state index contributed by atoms with van der Waals surface area (Å²) in [6.45, 7) is 2.79. The molecule has 7 heteroatoms. The van der Waals surface area contributed by atoms with Crippen molar-refractivity contribution in [2.75, 3.05) is 12.4 Å². The number of hydrogen-bond acceptors (Lipinski definition) is 6. The summed E-state index contributed by atoms with van der Waals surface area (Å²) in [5.74, 6) is 0.715. The molecule has 7 nitrogen and oxygen atoms in total. The topological polar surface area (TPSA) is 99.4 Å². The molecule has 0 saturated carbocycles. The lowest BCUT2D eigenvalue weighted by molar-refractivity contribution is 0.0995. The predicted octanol–water partition coefficient (Wildman–Crippen LogP) is 4.72. The second-order valence-electron chi connectivity index (χ2n) is 7.16. The second-order valence-corrected chi connectivity index (χ2v) is 7.16. The minimum atomic E-state index is -0.640. The average molecular weight is 421 g/mol. The normalized spacial score (nSPS) is 10.5. The highest BCUT2D eigenvalue weighted by molar-refractivity contribution is 5.90. The number of primary amides is 1. The Labute approximate surface area is 182 Å². The number of rotatable bonds is 11. The van der Waals surface area contributed by atoms with E-state index < -0.39 is 5.91 Å². The van der Waals surface area contributed by atoms with Crippen LogP contribution in [0.5, 0.6) is 17.4 Å². The molecule has 1 amide bonds. The SMILES string of the molecule is CCCCCc1ccc(NCc2cccc(Oc3cnc(C(N)=O)cn3)c2OC)cc1. The number of aryl methyl sites for hydroxylation is 1. The molecule has 0 aliphatic heterocycles. The maximum Gasteiger partial charge on any atom is 0.268 e. The van der Waals surface area contributed by atoms with Crippen LogP contribution in [-0.2, 0) is 13.0 Å². The van der Waals surface area contributed by atoms with Gasteiger partial charge in [-0.2, -0.15) is 0 Å². The molecule has 0 fully saturated rings. The quantitative estimate of drug-likeness (QED) is 0.435. The number of anilines is 1. The van der Waals surface area contributed by atoms with Crippen molar-refractivity contribution in [3.05, 3.63) is 71.7 Å². The van der Waals surface area contributed by atoms with Crippen molar-refractivity contribution in [1.82, 2.24) is 9.97 Å². The number of carbonyl (C=O) groups excluding carboxylic acids is 1. The minimum absolute atomic E-state index is 0.0775. The molecule has 162 valence electrons. The van der Waals surface area contributed by atoms with Crippen LogP contribution in [0, 0.1) is 0 Å². The number of unbranched alkanes of at least 4 members (excludes halogenated alkanes) is 2. The van der Waals surface area contributed by atoms with Crippen molar-refractivity contribution >= 4 is 11.6 Å². The Bertz CT molecular complexity index is 989. The van der Waals surface area contributed by atoms with Gasteiger partial charge in [0.25, 0.3) is 5.91 Å². The van der Waals surface area contributed by atoms with Crippen LogP contribution in [-0.4, -0.2) is 23.0 Å². The van der Waals surface area contributed by atoms with E-state index in [4.69, 9.17) is 15.2 Å². The van der Waals surface area contributed by atoms with Gasteiger partial charge in [-0.25, -0.2) is 9.97 Å². The summed E-state index contributed by atoms with van der Waals surface area (Å²) in [6.07, 6.45) is 7.47. The highest BCUT2D eigenvalue weighted by Crippen LogP contribution is 2.34. The molecule has 0 radical (unpaired) electrons. The molecule has 0 saturated heterocycles. The number of benzene rings is 2. The molecule has 0 bridgehead atoms. The van der Waals surface area contributed by atoms with E-state index in [9.17, 15) is 4.79 Å². The molecular formula is C24H28N4O3. The third-order valence-electron chi connectivity index (χ3n) is 4.87. The third-order valence-corrected chi connectivity index (χ3v) is 4.87. The van der Waals surface area contributed by atoms with Gasteiger partial charge in [0.2, 0.25) is 5.88 Å². The van der Waals surface area contributed by atoms with E-state index in [1.54, 1.807) is 13.2 Å². The maximum absolute atomic E-state index is 11.1. The van der Waals surface area contributed by atoms with Crippen LogP contribution in [0.4, 0.5) is 5.69 Å². The first-order valence-electron chi connectivity index (χ1n) is 10.4. The van der Waals surface area contributed by atoms with Gasteiger partial charge >= 0.3 is 0 Å². The summed E-state index contributed by atoms with van der Waals surface area (Å²) >= 11 is 0. The van der Waals surface area contributed by atoms with Gasteiger partial charge in [0.15, 0.2) is 11.5 Å². The van der Waals surface area contributed by atoms with Gasteiger partial charge in [-0.15, -0.1) is 0 Å². The molecule has 0 aliphatic rings. The van der Waals surface area contributed by atoms with Crippen molar-refractivity contribution in [2.45, 2.75) is 39.2 Å².